The molecule has 0 bridgehead atoms. The normalized spacial score (nSPS) is 24.7. The first-order chi connectivity index (χ1) is 6.79. The van der Waals surface area contributed by atoms with Gasteiger partial charge in [-0.25, -0.2) is 0 Å². The molecule has 2 atom stereocenters. The summed E-state index contributed by atoms with van der Waals surface area (Å²) in [6.45, 7) is 1.60. The number of rotatable bonds is 4. The van der Waals surface area contributed by atoms with Gasteiger partial charge in [0.25, 0.3) is 0 Å². The molecule has 0 radical (unpaired) electrons. The van der Waals surface area contributed by atoms with Crippen LogP contribution < -0.4 is 10.5 Å². The van der Waals surface area contributed by atoms with E-state index in [0.29, 0.717) is 11.8 Å². The zero-order valence-electron chi connectivity index (χ0n) is 7.95. The Kier molecular flexibility index (Phi) is 3.08. The summed E-state index contributed by atoms with van der Waals surface area (Å²) in [4.78, 5) is 0. The van der Waals surface area contributed by atoms with Crippen LogP contribution in [0.2, 0.25) is 0 Å². The molecule has 1 aromatic carbocycles. The molecule has 76 valence electrons. The van der Waals surface area contributed by atoms with Crippen LogP contribution >= 0.6 is 15.9 Å². The number of halogens is 1. The molecule has 0 aromatic heterocycles. The highest BCUT2D eigenvalue weighted by Crippen LogP contribution is 2.37. The summed E-state index contributed by atoms with van der Waals surface area (Å²) in [5.74, 6) is 2.31. The summed E-state index contributed by atoms with van der Waals surface area (Å²) in [6, 6.07) is 7.93. The van der Waals surface area contributed by atoms with Gasteiger partial charge in [-0.1, -0.05) is 22.0 Å². The first-order valence-electron chi connectivity index (χ1n) is 4.88. The van der Waals surface area contributed by atoms with E-state index in [1.54, 1.807) is 0 Å². The third-order valence-electron chi connectivity index (χ3n) is 2.63. The Morgan fingerprint density at radius 2 is 2.29 bits per heavy atom. The first kappa shape index (κ1) is 9.99. The van der Waals surface area contributed by atoms with Gasteiger partial charge in [0, 0.05) is 4.47 Å². The van der Waals surface area contributed by atoms with Gasteiger partial charge in [-0.2, -0.15) is 0 Å². The van der Waals surface area contributed by atoms with Crippen molar-refractivity contribution in [2.45, 2.75) is 6.42 Å². The Hall–Kier alpha value is -0.540. The number of benzene rings is 1. The summed E-state index contributed by atoms with van der Waals surface area (Å²) < 4.78 is 6.71. The molecule has 2 unspecified atom stereocenters. The van der Waals surface area contributed by atoms with E-state index in [-0.39, 0.29) is 0 Å². The fourth-order valence-corrected chi connectivity index (χ4v) is 1.94. The molecule has 2 nitrogen and oxygen atoms in total. The van der Waals surface area contributed by atoms with Crippen LogP contribution in [-0.4, -0.2) is 13.2 Å². The predicted octanol–water partition coefficient (Wildman–Crippen LogP) is 2.42. The lowest BCUT2D eigenvalue weighted by molar-refractivity contribution is 0.292. The summed E-state index contributed by atoms with van der Waals surface area (Å²) in [7, 11) is 0. The van der Waals surface area contributed by atoms with Crippen LogP contribution in [-0.2, 0) is 0 Å². The highest BCUT2D eigenvalue weighted by atomic mass is 79.9. The molecule has 0 saturated heterocycles. The maximum absolute atomic E-state index is 5.66. The monoisotopic (exact) mass is 255 g/mol. The molecule has 14 heavy (non-hydrogen) atoms. The fourth-order valence-electron chi connectivity index (χ4n) is 1.56. The average Bonchev–Trinajstić information content (AvgIpc) is 2.93. The van der Waals surface area contributed by atoms with Gasteiger partial charge < -0.3 is 10.5 Å². The van der Waals surface area contributed by atoms with Crippen molar-refractivity contribution in [3.8, 4) is 5.75 Å². The van der Waals surface area contributed by atoms with Crippen molar-refractivity contribution >= 4 is 15.9 Å². The van der Waals surface area contributed by atoms with Gasteiger partial charge in [0.05, 0.1) is 6.61 Å². The Balaban J connectivity index is 1.81. The average molecular weight is 256 g/mol. The molecule has 2 rings (SSSR count). The van der Waals surface area contributed by atoms with Crippen molar-refractivity contribution in [3.05, 3.63) is 28.7 Å². The van der Waals surface area contributed by atoms with Crippen LogP contribution in [0.15, 0.2) is 28.7 Å². The number of ether oxygens (including phenoxy) is 1. The number of nitrogens with two attached hydrogens (primary N) is 1. The van der Waals surface area contributed by atoms with Crippen LogP contribution in [0.1, 0.15) is 6.42 Å². The molecule has 0 amide bonds. The molecule has 1 aliphatic carbocycles. The zero-order valence-corrected chi connectivity index (χ0v) is 9.53. The Bertz CT molecular complexity index is 316. The van der Waals surface area contributed by atoms with Crippen LogP contribution in [0.25, 0.3) is 0 Å². The van der Waals surface area contributed by atoms with Crippen molar-refractivity contribution in [1.29, 1.82) is 0 Å². The summed E-state index contributed by atoms with van der Waals surface area (Å²) in [6.07, 6.45) is 1.23. The minimum atomic E-state index is 0.680. The van der Waals surface area contributed by atoms with Crippen LogP contribution in [0.3, 0.4) is 0 Å². The zero-order chi connectivity index (χ0) is 9.97. The maximum Gasteiger partial charge on any atom is 0.120 e. The molecule has 0 heterocycles. The van der Waals surface area contributed by atoms with E-state index in [2.05, 4.69) is 15.9 Å². The van der Waals surface area contributed by atoms with E-state index in [4.69, 9.17) is 10.5 Å². The Morgan fingerprint density at radius 1 is 1.43 bits per heavy atom. The van der Waals surface area contributed by atoms with Crippen molar-refractivity contribution in [2.75, 3.05) is 13.2 Å². The van der Waals surface area contributed by atoms with Crippen LogP contribution in [0, 0.1) is 11.8 Å². The smallest absolute Gasteiger partial charge is 0.120 e. The van der Waals surface area contributed by atoms with E-state index in [1.807, 2.05) is 24.3 Å². The largest absolute Gasteiger partial charge is 0.493 e. The minimum Gasteiger partial charge on any atom is -0.493 e. The van der Waals surface area contributed by atoms with Gasteiger partial charge in [-0.05, 0) is 43.0 Å². The van der Waals surface area contributed by atoms with Gasteiger partial charge in [-0.15, -0.1) is 0 Å². The fraction of sp³-hybridized carbons (Fsp3) is 0.455. The van der Waals surface area contributed by atoms with Crippen LogP contribution in [0.5, 0.6) is 5.75 Å². The third kappa shape index (κ3) is 2.49. The Labute approximate surface area is 92.6 Å². The van der Waals surface area contributed by atoms with Crippen molar-refractivity contribution < 1.29 is 4.74 Å². The van der Waals surface area contributed by atoms with Crippen molar-refractivity contribution in [1.82, 2.24) is 0 Å². The molecular weight excluding hydrogens is 242 g/mol. The third-order valence-corrected chi connectivity index (χ3v) is 3.13. The molecule has 1 fully saturated rings. The quantitative estimate of drug-likeness (QED) is 0.897. The molecule has 3 heteroatoms. The molecular formula is C11H14BrNO. The maximum atomic E-state index is 5.66. The van der Waals surface area contributed by atoms with E-state index in [1.165, 1.54) is 6.42 Å². The minimum absolute atomic E-state index is 0.680. The van der Waals surface area contributed by atoms with Gasteiger partial charge in [0.1, 0.15) is 5.75 Å². The summed E-state index contributed by atoms with van der Waals surface area (Å²) >= 11 is 3.41. The molecule has 2 N–H and O–H groups in total. The second-order valence-corrected chi connectivity index (χ2v) is 4.68. The van der Waals surface area contributed by atoms with Crippen molar-refractivity contribution in [2.24, 2.45) is 17.6 Å². The number of hydrogen-bond acceptors (Lipinski definition) is 2. The first-order valence-corrected chi connectivity index (χ1v) is 5.67. The van der Waals surface area contributed by atoms with Crippen LogP contribution in [0.4, 0.5) is 0 Å². The van der Waals surface area contributed by atoms with Gasteiger partial charge >= 0.3 is 0 Å². The molecule has 0 aliphatic heterocycles. The topological polar surface area (TPSA) is 35.2 Å². The van der Waals surface area contributed by atoms with E-state index >= 15 is 0 Å². The lowest BCUT2D eigenvalue weighted by Gasteiger charge is -2.05. The van der Waals surface area contributed by atoms with E-state index < -0.39 is 0 Å². The summed E-state index contributed by atoms with van der Waals surface area (Å²) in [5, 5.41) is 0. The molecule has 0 spiro atoms. The molecule has 1 aliphatic rings. The van der Waals surface area contributed by atoms with E-state index in [0.717, 1.165) is 23.4 Å². The van der Waals surface area contributed by atoms with Gasteiger partial charge in [-0.3, -0.25) is 0 Å². The summed E-state index contributed by atoms with van der Waals surface area (Å²) in [5.41, 5.74) is 5.55. The van der Waals surface area contributed by atoms with Gasteiger partial charge in [0.2, 0.25) is 0 Å². The lowest BCUT2D eigenvalue weighted by atomic mass is 10.3. The Morgan fingerprint density at radius 3 is 2.93 bits per heavy atom. The highest BCUT2D eigenvalue weighted by molar-refractivity contribution is 9.10. The standard InChI is InChI=1S/C11H14BrNO/c12-10-2-1-3-11(5-10)14-7-9-4-8(9)6-13/h1-3,5,8-9H,4,6-7,13H2. The molecule has 1 aromatic rings. The SMILES string of the molecule is NCC1CC1COc1cccc(Br)c1. The van der Waals surface area contributed by atoms with E-state index in [9.17, 15) is 0 Å². The highest BCUT2D eigenvalue weighted by Gasteiger charge is 2.36. The second kappa shape index (κ2) is 4.32. The second-order valence-electron chi connectivity index (χ2n) is 3.76. The van der Waals surface area contributed by atoms with Crippen molar-refractivity contribution in [3.63, 3.8) is 0 Å². The number of hydrogen-bond donors (Lipinski definition) is 1. The predicted molar refractivity (Wildman–Crippen MR) is 60.3 cm³/mol. The molecule has 1 saturated carbocycles. The lowest BCUT2D eigenvalue weighted by Crippen LogP contribution is -2.07. The van der Waals surface area contributed by atoms with Gasteiger partial charge in [0.15, 0.2) is 0 Å².